The van der Waals surface area contributed by atoms with Crippen molar-refractivity contribution >= 4 is 10.9 Å². The van der Waals surface area contributed by atoms with Crippen molar-refractivity contribution in [3.63, 3.8) is 0 Å². The highest BCUT2D eigenvalue weighted by Gasteiger charge is 2.06. The molecule has 0 spiro atoms. The van der Waals surface area contributed by atoms with E-state index in [0.717, 1.165) is 35.2 Å². The largest absolute Gasteiger partial charge is 0.495 e. The Balaban J connectivity index is 2.45. The number of fused-ring (bicyclic) bond motifs is 1. The molecule has 16 heavy (non-hydrogen) atoms. The van der Waals surface area contributed by atoms with Gasteiger partial charge in [0.05, 0.1) is 18.3 Å². The van der Waals surface area contributed by atoms with Crippen molar-refractivity contribution in [2.75, 3.05) is 7.11 Å². The number of benzene rings is 1. The summed E-state index contributed by atoms with van der Waals surface area (Å²) in [5.74, 6) is 0.909. The Labute approximate surface area is 96.3 Å². The molecule has 0 bridgehead atoms. The number of ether oxygens (including phenoxy) is 1. The van der Waals surface area contributed by atoms with Crippen LogP contribution in [0.1, 0.15) is 25.5 Å². The molecule has 0 aliphatic carbocycles. The van der Waals surface area contributed by atoms with E-state index in [1.807, 2.05) is 18.2 Å². The van der Waals surface area contributed by atoms with Crippen LogP contribution in [0.4, 0.5) is 0 Å². The molecule has 2 aromatic rings. The van der Waals surface area contributed by atoms with Crippen LogP contribution in [0.3, 0.4) is 0 Å². The Morgan fingerprint density at radius 1 is 1.25 bits per heavy atom. The Hall–Kier alpha value is -1.57. The van der Waals surface area contributed by atoms with Crippen molar-refractivity contribution in [1.82, 2.24) is 4.98 Å². The summed E-state index contributed by atoms with van der Waals surface area (Å²) in [6, 6.07) is 10.2. The quantitative estimate of drug-likeness (QED) is 0.777. The minimum atomic E-state index is 0.909. The number of hydrogen-bond acceptors (Lipinski definition) is 2. The average molecular weight is 215 g/mol. The SMILES string of the molecule is CCCCc1nc2ccccc2cc1OC. The molecule has 0 N–H and O–H groups in total. The highest BCUT2D eigenvalue weighted by molar-refractivity contribution is 5.80. The van der Waals surface area contributed by atoms with Crippen molar-refractivity contribution in [3.8, 4) is 5.75 Å². The van der Waals surface area contributed by atoms with E-state index in [0.29, 0.717) is 0 Å². The third-order valence-corrected chi connectivity index (χ3v) is 2.75. The number of rotatable bonds is 4. The van der Waals surface area contributed by atoms with Gasteiger partial charge in [-0.3, -0.25) is 0 Å². The van der Waals surface area contributed by atoms with Crippen LogP contribution in [0.5, 0.6) is 5.75 Å². The standard InChI is InChI=1S/C14H17NO/c1-3-4-8-13-14(16-2)10-11-7-5-6-9-12(11)15-13/h5-7,9-10H,3-4,8H2,1-2H3. The van der Waals surface area contributed by atoms with Gasteiger partial charge in [0.25, 0.3) is 0 Å². The van der Waals surface area contributed by atoms with Crippen molar-refractivity contribution < 1.29 is 4.74 Å². The predicted molar refractivity (Wildman–Crippen MR) is 66.9 cm³/mol. The molecule has 0 aliphatic heterocycles. The van der Waals surface area contributed by atoms with Gasteiger partial charge in [0, 0.05) is 5.39 Å². The number of aromatic nitrogens is 1. The summed E-state index contributed by atoms with van der Waals surface area (Å²) >= 11 is 0. The number of methoxy groups -OCH3 is 1. The fourth-order valence-corrected chi connectivity index (χ4v) is 1.84. The van der Waals surface area contributed by atoms with Crippen LogP contribution < -0.4 is 4.74 Å². The summed E-state index contributed by atoms with van der Waals surface area (Å²) in [7, 11) is 1.71. The van der Waals surface area contributed by atoms with Gasteiger partial charge in [0.2, 0.25) is 0 Å². The number of aryl methyl sites for hydroxylation is 1. The smallest absolute Gasteiger partial charge is 0.140 e. The lowest BCUT2D eigenvalue weighted by Crippen LogP contribution is -1.96. The predicted octanol–water partition coefficient (Wildman–Crippen LogP) is 3.59. The van der Waals surface area contributed by atoms with Gasteiger partial charge in [-0.25, -0.2) is 4.98 Å². The van der Waals surface area contributed by atoms with Gasteiger partial charge in [-0.2, -0.15) is 0 Å². The highest BCUT2D eigenvalue weighted by atomic mass is 16.5. The van der Waals surface area contributed by atoms with Gasteiger partial charge in [-0.1, -0.05) is 31.5 Å². The van der Waals surface area contributed by atoms with Crippen LogP contribution in [-0.2, 0) is 6.42 Å². The summed E-state index contributed by atoms with van der Waals surface area (Å²) in [6.07, 6.45) is 3.32. The minimum absolute atomic E-state index is 0.909. The zero-order valence-corrected chi connectivity index (χ0v) is 9.86. The summed E-state index contributed by atoms with van der Waals surface area (Å²) in [5, 5.41) is 1.14. The van der Waals surface area contributed by atoms with Crippen LogP contribution in [0.15, 0.2) is 30.3 Å². The van der Waals surface area contributed by atoms with Gasteiger partial charge in [-0.15, -0.1) is 0 Å². The summed E-state index contributed by atoms with van der Waals surface area (Å²) in [4.78, 5) is 4.66. The lowest BCUT2D eigenvalue weighted by molar-refractivity contribution is 0.407. The van der Waals surface area contributed by atoms with Gasteiger partial charge < -0.3 is 4.74 Å². The lowest BCUT2D eigenvalue weighted by Gasteiger charge is -2.08. The van der Waals surface area contributed by atoms with E-state index in [4.69, 9.17) is 4.74 Å². The first kappa shape index (κ1) is 10.9. The number of nitrogens with zero attached hydrogens (tertiary/aromatic N) is 1. The lowest BCUT2D eigenvalue weighted by atomic mass is 10.1. The minimum Gasteiger partial charge on any atom is -0.495 e. The topological polar surface area (TPSA) is 22.1 Å². The first-order chi connectivity index (χ1) is 7.85. The maximum Gasteiger partial charge on any atom is 0.140 e. The van der Waals surface area contributed by atoms with Gasteiger partial charge in [0.15, 0.2) is 0 Å². The highest BCUT2D eigenvalue weighted by Crippen LogP contribution is 2.23. The Morgan fingerprint density at radius 2 is 2.06 bits per heavy atom. The second-order valence-corrected chi connectivity index (χ2v) is 3.93. The Morgan fingerprint density at radius 3 is 2.81 bits per heavy atom. The molecule has 0 fully saturated rings. The van der Waals surface area contributed by atoms with Crippen molar-refractivity contribution in [1.29, 1.82) is 0 Å². The molecular weight excluding hydrogens is 198 g/mol. The van der Waals surface area contributed by atoms with Crippen molar-refractivity contribution in [2.45, 2.75) is 26.2 Å². The summed E-state index contributed by atoms with van der Waals surface area (Å²) in [6.45, 7) is 2.19. The second kappa shape index (κ2) is 4.97. The molecule has 0 aliphatic rings. The maximum absolute atomic E-state index is 5.39. The van der Waals surface area contributed by atoms with Gasteiger partial charge >= 0.3 is 0 Å². The van der Waals surface area contributed by atoms with E-state index in [9.17, 15) is 0 Å². The number of hydrogen-bond donors (Lipinski definition) is 0. The van der Waals surface area contributed by atoms with Gasteiger partial charge in [0.1, 0.15) is 5.75 Å². The Kier molecular flexibility index (Phi) is 3.40. The molecule has 0 radical (unpaired) electrons. The zero-order chi connectivity index (χ0) is 11.4. The van der Waals surface area contributed by atoms with Gasteiger partial charge in [-0.05, 0) is 25.0 Å². The summed E-state index contributed by atoms with van der Waals surface area (Å²) in [5.41, 5.74) is 2.12. The van der Waals surface area contributed by atoms with Crippen LogP contribution >= 0.6 is 0 Å². The molecule has 84 valence electrons. The van der Waals surface area contributed by atoms with E-state index in [1.165, 1.54) is 6.42 Å². The van der Waals surface area contributed by atoms with E-state index in [1.54, 1.807) is 7.11 Å². The fraction of sp³-hybridized carbons (Fsp3) is 0.357. The monoisotopic (exact) mass is 215 g/mol. The molecule has 0 amide bonds. The number of para-hydroxylation sites is 1. The third-order valence-electron chi connectivity index (χ3n) is 2.75. The maximum atomic E-state index is 5.39. The molecule has 1 heterocycles. The van der Waals surface area contributed by atoms with Crippen LogP contribution in [-0.4, -0.2) is 12.1 Å². The number of unbranched alkanes of at least 4 members (excludes halogenated alkanes) is 1. The molecule has 0 saturated carbocycles. The molecule has 2 heteroatoms. The van der Waals surface area contributed by atoms with E-state index in [2.05, 4.69) is 24.0 Å². The second-order valence-electron chi connectivity index (χ2n) is 3.93. The van der Waals surface area contributed by atoms with Crippen molar-refractivity contribution in [2.24, 2.45) is 0 Å². The third kappa shape index (κ3) is 2.16. The first-order valence-electron chi connectivity index (χ1n) is 5.77. The van der Waals surface area contributed by atoms with Crippen LogP contribution in [0.2, 0.25) is 0 Å². The Bertz CT molecular complexity index is 479. The van der Waals surface area contributed by atoms with E-state index >= 15 is 0 Å². The first-order valence-corrected chi connectivity index (χ1v) is 5.77. The molecule has 0 unspecified atom stereocenters. The molecule has 0 saturated heterocycles. The fourth-order valence-electron chi connectivity index (χ4n) is 1.84. The average Bonchev–Trinajstić information content (AvgIpc) is 2.35. The number of pyridine rings is 1. The van der Waals surface area contributed by atoms with Crippen LogP contribution in [0.25, 0.3) is 10.9 Å². The molecular formula is C14H17NO. The van der Waals surface area contributed by atoms with Crippen LogP contribution in [0, 0.1) is 0 Å². The zero-order valence-electron chi connectivity index (χ0n) is 9.86. The van der Waals surface area contributed by atoms with Crippen molar-refractivity contribution in [3.05, 3.63) is 36.0 Å². The molecule has 2 nitrogen and oxygen atoms in total. The molecule has 0 atom stereocenters. The molecule has 2 rings (SSSR count). The normalized spacial score (nSPS) is 10.6. The van der Waals surface area contributed by atoms with E-state index < -0.39 is 0 Å². The molecule has 1 aromatic carbocycles. The summed E-state index contributed by atoms with van der Waals surface area (Å²) < 4.78 is 5.39. The van der Waals surface area contributed by atoms with E-state index in [-0.39, 0.29) is 0 Å². The molecule has 1 aromatic heterocycles.